The fourth-order valence-electron chi connectivity index (χ4n) is 3.53. The van der Waals surface area contributed by atoms with Crippen molar-refractivity contribution in [2.45, 2.75) is 85.2 Å². The van der Waals surface area contributed by atoms with Crippen molar-refractivity contribution in [1.29, 1.82) is 0 Å². The van der Waals surface area contributed by atoms with Gasteiger partial charge in [-0.25, -0.2) is 4.39 Å². The zero-order valence-electron chi connectivity index (χ0n) is 22.4. The number of aryl methyl sites for hydroxylation is 1. The van der Waals surface area contributed by atoms with Gasteiger partial charge in [-0.3, -0.25) is 14.4 Å². The van der Waals surface area contributed by atoms with Crippen molar-refractivity contribution in [3.8, 4) is 5.75 Å². The Bertz CT molecular complexity index is 1070. The predicted octanol–water partition coefficient (Wildman–Crippen LogP) is 7.25. The summed E-state index contributed by atoms with van der Waals surface area (Å²) in [4.78, 5) is 32.1. The van der Waals surface area contributed by atoms with Crippen LogP contribution >= 0.6 is 11.6 Å². The molecule has 0 fully saturated rings. The van der Waals surface area contributed by atoms with Gasteiger partial charge in [0.15, 0.2) is 5.78 Å². The summed E-state index contributed by atoms with van der Waals surface area (Å²) in [6.07, 6.45) is 7.49. The number of ketones is 1. The van der Waals surface area contributed by atoms with Gasteiger partial charge in [-0.2, -0.15) is 0 Å². The van der Waals surface area contributed by atoms with Crippen LogP contribution in [0.15, 0.2) is 36.4 Å². The zero-order valence-corrected chi connectivity index (χ0v) is 23.2. The monoisotopic (exact) mass is 535 g/mol. The van der Waals surface area contributed by atoms with Crippen LogP contribution in [0.25, 0.3) is 0 Å². The van der Waals surface area contributed by atoms with E-state index in [9.17, 15) is 18.8 Å². The normalized spacial score (nSPS) is 13.9. The number of hydrogen-bond acceptors (Lipinski definition) is 4. The maximum Gasteiger partial charge on any atom is 0.306 e. The summed E-state index contributed by atoms with van der Waals surface area (Å²) in [6, 6.07) is 9.27. The highest BCUT2D eigenvalue weighted by molar-refractivity contribution is 6.31. The first-order chi connectivity index (χ1) is 17.3. The number of rotatable bonds is 8. The maximum absolute atomic E-state index is 12.5. The first-order valence-corrected chi connectivity index (χ1v) is 13.0. The molecule has 1 atom stereocenters. The molecule has 2 aromatic rings. The third-order valence-corrected chi connectivity index (χ3v) is 6.26. The van der Waals surface area contributed by atoms with Gasteiger partial charge in [0.1, 0.15) is 17.2 Å². The van der Waals surface area contributed by atoms with Gasteiger partial charge in [-0.15, -0.1) is 0 Å². The van der Waals surface area contributed by atoms with Gasteiger partial charge in [0.25, 0.3) is 0 Å². The van der Waals surface area contributed by atoms with Crippen LogP contribution in [-0.4, -0.2) is 28.4 Å². The van der Waals surface area contributed by atoms with Gasteiger partial charge in [0.05, 0.1) is 10.9 Å². The zero-order chi connectivity index (χ0) is 28.2. The summed E-state index contributed by atoms with van der Waals surface area (Å²) >= 11 is 5.38. The van der Waals surface area contributed by atoms with E-state index in [4.69, 9.17) is 27.2 Å². The number of carboxylic acids is 1. The number of hydrogen-bond donors (Lipinski definition) is 2. The van der Waals surface area contributed by atoms with Crippen LogP contribution in [-0.2, 0) is 11.2 Å². The Morgan fingerprint density at radius 3 is 2.30 bits per heavy atom. The van der Waals surface area contributed by atoms with Crippen LogP contribution in [0.3, 0.4) is 0 Å². The van der Waals surface area contributed by atoms with Gasteiger partial charge in [0, 0.05) is 11.1 Å². The Hall–Kier alpha value is -2.93. The van der Waals surface area contributed by atoms with Crippen LogP contribution in [0.2, 0.25) is 5.02 Å². The lowest BCUT2D eigenvalue weighted by Crippen LogP contribution is -2.32. The average molecular weight is 536 g/mol. The minimum Gasteiger partial charge on any atom is -0.488 e. The highest BCUT2D eigenvalue weighted by Gasteiger charge is 2.26. The first-order valence-electron chi connectivity index (χ1n) is 12.6. The van der Waals surface area contributed by atoms with Gasteiger partial charge >= 0.3 is 5.97 Å². The molecule has 3 N–H and O–H groups in total. The van der Waals surface area contributed by atoms with Crippen molar-refractivity contribution in [3.63, 3.8) is 0 Å². The largest absolute Gasteiger partial charge is 0.488 e. The number of ether oxygens (including phenoxy) is 1. The number of fused-ring (bicyclic) bond motifs is 1. The Morgan fingerprint density at radius 1 is 1.11 bits per heavy atom. The molecular weight excluding hydrogens is 497 g/mol. The molecule has 0 radical (unpaired) electrons. The van der Waals surface area contributed by atoms with Crippen molar-refractivity contribution in [1.82, 2.24) is 0 Å². The minimum absolute atomic E-state index is 0.0786. The number of halogens is 2. The number of carbonyl (C=O) groups excluding carboxylic acids is 2. The van der Waals surface area contributed by atoms with Crippen molar-refractivity contribution < 1.29 is 28.6 Å². The third-order valence-electron chi connectivity index (χ3n) is 5.97. The summed E-state index contributed by atoms with van der Waals surface area (Å²) in [6.45, 7) is 9.70. The van der Waals surface area contributed by atoms with E-state index in [-0.39, 0.29) is 27.9 Å². The lowest BCUT2D eigenvalue weighted by molar-refractivity contribution is -0.141. The van der Waals surface area contributed by atoms with Crippen LogP contribution in [0.5, 0.6) is 5.75 Å². The molecule has 1 amide bonds. The molecule has 0 saturated carbocycles. The van der Waals surface area contributed by atoms with Crippen molar-refractivity contribution in [3.05, 3.63) is 63.9 Å². The lowest BCUT2D eigenvalue weighted by atomic mass is 9.93. The molecule has 8 heteroatoms. The van der Waals surface area contributed by atoms with E-state index in [2.05, 4.69) is 20.8 Å². The topological polar surface area (TPSA) is 107 Å². The molecule has 0 bridgehead atoms. The highest BCUT2D eigenvalue weighted by atomic mass is 35.5. The number of primary amides is 1. The summed E-state index contributed by atoms with van der Waals surface area (Å²) in [5.41, 5.74) is 6.97. The van der Waals surface area contributed by atoms with E-state index in [1.807, 2.05) is 18.2 Å². The second kappa shape index (κ2) is 15.4. The highest BCUT2D eigenvalue weighted by Crippen LogP contribution is 2.33. The molecule has 1 aliphatic heterocycles. The van der Waals surface area contributed by atoms with Gasteiger partial charge in [-0.1, -0.05) is 51.1 Å². The molecule has 1 heterocycles. The van der Waals surface area contributed by atoms with E-state index in [1.54, 1.807) is 13.8 Å². The van der Waals surface area contributed by atoms with E-state index < -0.39 is 17.7 Å². The van der Waals surface area contributed by atoms with E-state index in [1.165, 1.54) is 31.4 Å². The number of aliphatic carboxylic acids is 1. The Kier molecular flexibility index (Phi) is 13.3. The quantitative estimate of drug-likeness (QED) is 0.273. The predicted molar refractivity (Wildman–Crippen MR) is 145 cm³/mol. The van der Waals surface area contributed by atoms with Crippen LogP contribution < -0.4 is 10.5 Å². The molecule has 204 valence electrons. The molecule has 0 saturated heterocycles. The molecular formula is C29H39ClFNO5. The molecule has 0 spiro atoms. The number of Topliss-reactive ketones (excluding diaryl/α,β-unsaturated/α-hetero) is 1. The number of benzene rings is 2. The summed E-state index contributed by atoms with van der Waals surface area (Å²) in [5.74, 6) is -0.962. The number of carboxylic acid groups (broad SMARTS) is 1. The fourth-order valence-corrected chi connectivity index (χ4v) is 3.71. The molecule has 2 aromatic carbocycles. The Balaban J connectivity index is 0.000000284. The van der Waals surface area contributed by atoms with E-state index in [0.717, 1.165) is 48.6 Å². The van der Waals surface area contributed by atoms with Crippen molar-refractivity contribution in [2.75, 3.05) is 0 Å². The molecule has 0 unspecified atom stereocenters. The summed E-state index contributed by atoms with van der Waals surface area (Å²) in [5, 5.41) is 8.44. The van der Waals surface area contributed by atoms with E-state index in [0.29, 0.717) is 0 Å². The van der Waals surface area contributed by atoms with E-state index >= 15 is 0 Å². The number of nitrogens with two attached hydrogens (primary N) is 1. The second-order valence-electron chi connectivity index (χ2n) is 9.82. The molecule has 37 heavy (non-hydrogen) atoms. The van der Waals surface area contributed by atoms with Crippen molar-refractivity contribution >= 4 is 29.3 Å². The first kappa shape index (κ1) is 32.1. The second-order valence-corrected chi connectivity index (χ2v) is 10.2. The molecule has 6 nitrogen and oxygen atoms in total. The molecule has 3 rings (SSSR count). The number of carbonyl (C=O) groups is 3. The Labute approximate surface area is 224 Å². The Morgan fingerprint density at radius 2 is 1.76 bits per heavy atom. The van der Waals surface area contributed by atoms with Gasteiger partial charge < -0.3 is 15.6 Å². The molecule has 1 aliphatic rings. The summed E-state index contributed by atoms with van der Waals surface area (Å²) in [7, 11) is 0. The number of amides is 1. The molecule has 0 aliphatic carbocycles. The van der Waals surface area contributed by atoms with Gasteiger partial charge in [0.2, 0.25) is 5.91 Å². The fraction of sp³-hybridized carbons (Fsp3) is 0.483. The SMILES string of the molecule is CC(=O)c1ccc2c(c1)CCC(C)(C)O2.CCCCCC[C@H](C)C(=O)O.NC(=O)c1ccc(F)c(Cl)c1. The van der Waals surface area contributed by atoms with Crippen molar-refractivity contribution in [2.24, 2.45) is 11.7 Å². The molecule has 0 aromatic heterocycles. The minimum atomic E-state index is -0.665. The smallest absolute Gasteiger partial charge is 0.306 e. The third kappa shape index (κ3) is 11.8. The van der Waals surface area contributed by atoms with Crippen LogP contribution in [0.4, 0.5) is 4.39 Å². The number of unbranched alkanes of at least 4 members (excludes halogenated alkanes) is 3. The van der Waals surface area contributed by atoms with Crippen LogP contribution in [0, 0.1) is 11.7 Å². The van der Waals surface area contributed by atoms with Gasteiger partial charge in [-0.05, 0) is 82.0 Å². The lowest BCUT2D eigenvalue weighted by Gasteiger charge is -2.32. The van der Waals surface area contributed by atoms with Crippen LogP contribution in [0.1, 0.15) is 99.4 Å². The summed E-state index contributed by atoms with van der Waals surface area (Å²) < 4.78 is 18.3. The average Bonchev–Trinajstić information content (AvgIpc) is 2.83. The standard InChI is InChI=1S/C13H16O2.C9H18O2.C7H5ClFNO/c1-9(14)10-4-5-12-11(8-10)6-7-13(2,3)15-12;1-3-4-5-6-7-8(2)9(10)11;8-5-3-4(7(10)11)1-2-6(5)9/h4-5,8H,6-7H2,1-3H3;8H,3-7H2,1-2H3,(H,10,11);1-3H,(H2,10,11)/t;8-;/m.0./s1. The maximum atomic E-state index is 12.5.